The van der Waals surface area contributed by atoms with Crippen LogP contribution in [0.4, 0.5) is 4.39 Å². The molecular weight excluding hydrogens is 255 g/mol. The zero-order chi connectivity index (χ0) is 14.1. The van der Waals surface area contributed by atoms with Crippen LogP contribution in [0, 0.1) is 12.7 Å². The highest BCUT2D eigenvalue weighted by molar-refractivity contribution is 5.78. The molecule has 4 heteroatoms. The fourth-order valence-electron chi connectivity index (χ4n) is 2.35. The van der Waals surface area contributed by atoms with Crippen LogP contribution in [-0.2, 0) is 0 Å². The predicted molar refractivity (Wildman–Crippen MR) is 76.5 cm³/mol. The Morgan fingerprint density at radius 1 is 1.15 bits per heavy atom. The van der Waals surface area contributed by atoms with E-state index in [4.69, 9.17) is 10.3 Å². The van der Waals surface area contributed by atoms with Gasteiger partial charge in [-0.05, 0) is 25.1 Å². The van der Waals surface area contributed by atoms with Crippen LogP contribution in [-0.4, -0.2) is 0 Å². The maximum Gasteiger partial charge on any atom is 0.134 e. The summed E-state index contributed by atoms with van der Waals surface area (Å²) in [5.41, 5.74) is 4.84. The number of aryl methyl sites for hydroxylation is 1. The molecule has 0 aliphatic heterocycles. The lowest BCUT2D eigenvalue weighted by molar-refractivity contribution is 0.462. The molecule has 0 saturated heterocycles. The van der Waals surface area contributed by atoms with Gasteiger partial charge in [-0.3, -0.25) is 5.84 Å². The fraction of sp³-hybridized carbons (Fsp3) is 0.125. The molecule has 20 heavy (non-hydrogen) atoms. The number of rotatable bonds is 3. The van der Waals surface area contributed by atoms with Gasteiger partial charge in [-0.15, -0.1) is 0 Å². The Labute approximate surface area is 116 Å². The summed E-state index contributed by atoms with van der Waals surface area (Å²) in [4.78, 5) is 0. The van der Waals surface area contributed by atoms with E-state index < -0.39 is 6.04 Å². The fourth-order valence-corrected chi connectivity index (χ4v) is 2.35. The summed E-state index contributed by atoms with van der Waals surface area (Å²) >= 11 is 0. The minimum Gasteiger partial charge on any atom is -0.459 e. The molecule has 3 N–H and O–H groups in total. The van der Waals surface area contributed by atoms with E-state index >= 15 is 0 Å². The maximum atomic E-state index is 14.0. The average Bonchev–Trinajstić information content (AvgIpc) is 2.87. The first-order valence-electron chi connectivity index (χ1n) is 6.39. The molecule has 3 nitrogen and oxygen atoms in total. The van der Waals surface area contributed by atoms with Gasteiger partial charge in [-0.1, -0.05) is 35.9 Å². The molecule has 2 aromatic carbocycles. The molecule has 3 rings (SSSR count). The molecule has 1 aromatic heterocycles. The number of furan rings is 1. The Kier molecular flexibility index (Phi) is 3.26. The van der Waals surface area contributed by atoms with Gasteiger partial charge in [-0.25, -0.2) is 9.82 Å². The van der Waals surface area contributed by atoms with Gasteiger partial charge in [0.25, 0.3) is 0 Å². The molecule has 102 valence electrons. The number of hydrazine groups is 1. The van der Waals surface area contributed by atoms with E-state index in [1.54, 1.807) is 12.1 Å². The minimum absolute atomic E-state index is 0.306. The van der Waals surface area contributed by atoms with Gasteiger partial charge in [0.05, 0.1) is 0 Å². The van der Waals surface area contributed by atoms with Crippen LogP contribution in [0.25, 0.3) is 11.0 Å². The Bertz CT molecular complexity index is 718. The summed E-state index contributed by atoms with van der Waals surface area (Å²) in [5, 5.41) is 0.968. The summed E-state index contributed by atoms with van der Waals surface area (Å²) in [6.07, 6.45) is 0. The summed E-state index contributed by atoms with van der Waals surface area (Å²) < 4.78 is 19.8. The van der Waals surface area contributed by atoms with Gasteiger partial charge >= 0.3 is 0 Å². The van der Waals surface area contributed by atoms with Crippen molar-refractivity contribution >= 4 is 11.0 Å². The highest BCUT2D eigenvalue weighted by atomic mass is 19.1. The van der Waals surface area contributed by atoms with Crippen LogP contribution in [0.15, 0.2) is 52.9 Å². The van der Waals surface area contributed by atoms with Crippen LogP contribution in [0.3, 0.4) is 0 Å². The van der Waals surface area contributed by atoms with E-state index in [1.165, 1.54) is 6.07 Å². The number of nitrogens with one attached hydrogen (secondary N) is 1. The predicted octanol–water partition coefficient (Wildman–Crippen LogP) is 3.43. The van der Waals surface area contributed by atoms with Gasteiger partial charge in [0, 0.05) is 10.9 Å². The van der Waals surface area contributed by atoms with Crippen LogP contribution < -0.4 is 11.3 Å². The second kappa shape index (κ2) is 5.07. The Morgan fingerprint density at radius 3 is 2.70 bits per heavy atom. The second-order valence-corrected chi connectivity index (χ2v) is 4.81. The first-order valence-corrected chi connectivity index (χ1v) is 6.39. The highest BCUT2D eigenvalue weighted by Gasteiger charge is 2.20. The highest BCUT2D eigenvalue weighted by Crippen LogP contribution is 2.29. The molecule has 1 heterocycles. The normalized spacial score (nSPS) is 12.8. The second-order valence-electron chi connectivity index (χ2n) is 4.81. The van der Waals surface area contributed by atoms with Crippen molar-refractivity contribution in [2.24, 2.45) is 5.84 Å². The van der Waals surface area contributed by atoms with Crippen molar-refractivity contribution in [3.63, 3.8) is 0 Å². The van der Waals surface area contributed by atoms with E-state index in [-0.39, 0.29) is 5.82 Å². The number of benzene rings is 2. The van der Waals surface area contributed by atoms with Crippen molar-refractivity contribution in [1.29, 1.82) is 0 Å². The average molecular weight is 270 g/mol. The number of hydrogen-bond acceptors (Lipinski definition) is 3. The summed E-state index contributed by atoms with van der Waals surface area (Å²) in [6, 6.07) is 14.0. The lowest BCUT2D eigenvalue weighted by Crippen LogP contribution is -2.29. The molecule has 3 aromatic rings. The van der Waals surface area contributed by atoms with Gasteiger partial charge < -0.3 is 4.42 Å². The molecule has 0 saturated carbocycles. The van der Waals surface area contributed by atoms with Crippen LogP contribution in [0.1, 0.15) is 22.9 Å². The van der Waals surface area contributed by atoms with Crippen molar-refractivity contribution in [2.75, 3.05) is 0 Å². The van der Waals surface area contributed by atoms with E-state index in [2.05, 4.69) is 5.43 Å². The third-order valence-electron chi connectivity index (χ3n) is 3.36. The Morgan fingerprint density at radius 2 is 1.95 bits per heavy atom. The lowest BCUT2D eigenvalue weighted by Gasteiger charge is -2.15. The largest absolute Gasteiger partial charge is 0.459 e. The zero-order valence-electron chi connectivity index (χ0n) is 11.1. The molecule has 0 fully saturated rings. The molecule has 0 aliphatic carbocycles. The van der Waals surface area contributed by atoms with Crippen molar-refractivity contribution in [3.05, 3.63) is 71.2 Å². The Hall–Kier alpha value is -2.17. The number of hydrogen-bond donors (Lipinski definition) is 2. The molecule has 0 aliphatic rings. The monoisotopic (exact) mass is 270 g/mol. The van der Waals surface area contributed by atoms with Crippen molar-refractivity contribution in [1.82, 2.24) is 5.43 Å². The van der Waals surface area contributed by atoms with Crippen molar-refractivity contribution in [3.8, 4) is 0 Å². The number of nitrogens with two attached hydrogens (primary N) is 1. The van der Waals surface area contributed by atoms with E-state index in [1.807, 2.05) is 37.3 Å². The topological polar surface area (TPSA) is 51.2 Å². The lowest BCUT2D eigenvalue weighted by atomic mass is 10.0. The summed E-state index contributed by atoms with van der Waals surface area (Å²) in [5.74, 6) is 5.89. The maximum absolute atomic E-state index is 14.0. The minimum atomic E-state index is -0.512. The number of halogens is 1. The SMILES string of the molecule is Cc1ccc(F)c(C(NN)c2cc3ccccc3o2)c1. The summed E-state index contributed by atoms with van der Waals surface area (Å²) in [6.45, 7) is 1.91. The van der Waals surface area contributed by atoms with Crippen molar-refractivity contribution < 1.29 is 8.81 Å². The first kappa shape index (κ1) is 12.8. The molecule has 0 spiro atoms. The molecule has 0 radical (unpaired) electrons. The molecule has 1 unspecified atom stereocenters. The van der Waals surface area contributed by atoms with Gasteiger partial charge in [0.2, 0.25) is 0 Å². The standard InChI is InChI=1S/C16H15FN2O/c1-10-6-7-13(17)12(8-10)16(19-18)15-9-11-4-2-3-5-14(11)20-15/h2-9,16,19H,18H2,1H3. The first-order chi connectivity index (χ1) is 9.69. The van der Waals surface area contributed by atoms with Gasteiger partial charge in [0.15, 0.2) is 0 Å². The van der Waals surface area contributed by atoms with Crippen LogP contribution >= 0.6 is 0 Å². The third-order valence-corrected chi connectivity index (χ3v) is 3.36. The molecular formula is C16H15FN2O. The van der Waals surface area contributed by atoms with Gasteiger partial charge in [0.1, 0.15) is 23.2 Å². The number of fused-ring (bicyclic) bond motifs is 1. The molecule has 1 atom stereocenters. The zero-order valence-corrected chi connectivity index (χ0v) is 11.1. The van der Waals surface area contributed by atoms with E-state index in [0.29, 0.717) is 11.3 Å². The smallest absolute Gasteiger partial charge is 0.134 e. The van der Waals surface area contributed by atoms with E-state index in [9.17, 15) is 4.39 Å². The van der Waals surface area contributed by atoms with Crippen LogP contribution in [0.2, 0.25) is 0 Å². The molecule has 0 bridgehead atoms. The summed E-state index contributed by atoms with van der Waals surface area (Å²) in [7, 11) is 0. The number of para-hydroxylation sites is 1. The van der Waals surface area contributed by atoms with Crippen molar-refractivity contribution in [2.45, 2.75) is 13.0 Å². The van der Waals surface area contributed by atoms with Crippen LogP contribution in [0.5, 0.6) is 0 Å². The quantitative estimate of drug-likeness (QED) is 0.566. The van der Waals surface area contributed by atoms with Gasteiger partial charge in [-0.2, -0.15) is 0 Å². The molecule has 0 amide bonds. The Balaban J connectivity index is 2.11. The van der Waals surface area contributed by atoms with E-state index in [0.717, 1.165) is 16.5 Å². The third kappa shape index (κ3) is 2.19.